The molecule has 2 aromatic rings. The van der Waals surface area contributed by atoms with E-state index in [4.69, 9.17) is 16.3 Å². The molecule has 1 aliphatic rings. The molecule has 0 unspecified atom stereocenters. The summed E-state index contributed by atoms with van der Waals surface area (Å²) in [6, 6.07) is 17.4. The van der Waals surface area contributed by atoms with Crippen molar-refractivity contribution in [1.29, 1.82) is 0 Å². The Bertz CT molecular complexity index is 839. The van der Waals surface area contributed by atoms with Crippen molar-refractivity contribution < 1.29 is 14.3 Å². The first-order chi connectivity index (χ1) is 15.1. The van der Waals surface area contributed by atoms with Crippen LogP contribution in [0.3, 0.4) is 0 Å². The number of rotatable bonds is 10. The lowest BCUT2D eigenvalue weighted by Crippen LogP contribution is -2.50. The summed E-state index contributed by atoms with van der Waals surface area (Å²) in [7, 11) is 0. The number of hydrogen-bond acceptors (Lipinski definition) is 4. The summed E-state index contributed by atoms with van der Waals surface area (Å²) in [5.74, 6) is 0.0624. The Morgan fingerprint density at radius 1 is 0.935 bits per heavy atom. The molecule has 1 N–H and O–H groups in total. The average molecular weight is 444 g/mol. The van der Waals surface area contributed by atoms with Gasteiger partial charge in [0, 0.05) is 39.2 Å². The summed E-state index contributed by atoms with van der Waals surface area (Å²) in [5, 5.41) is 3.36. The van der Waals surface area contributed by atoms with Crippen molar-refractivity contribution in [3.05, 3.63) is 65.2 Å². The highest BCUT2D eigenvalue weighted by Crippen LogP contribution is 2.20. The van der Waals surface area contributed by atoms with Gasteiger partial charge < -0.3 is 15.0 Å². The topological polar surface area (TPSA) is 61.9 Å². The molecular weight excluding hydrogens is 414 g/mol. The van der Waals surface area contributed by atoms with Crippen LogP contribution >= 0.6 is 11.6 Å². The maximum Gasteiger partial charge on any atom is 0.238 e. The van der Waals surface area contributed by atoms with Gasteiger partial charge in [0.15, 0.2) is 0 Å². The molecular formula is C24H30ClN3O3. The minimum atomic E-state index is -0.0967. The summed E-state index contributed by atoms with van der Waals surface area (Å²) >= 11 is 6.08. The van der Waals surface area contributed by atoms with Crippen molar-refractivity contribution >= 4 is 29.1 Å². The molecule has 1 aliphatic heterocycles. The van der Waals surface area contributed by atoms with Crippen LogP contribution in [0.1, 0.15) is 18.4 Å². The molecule has 2 amide bonds. The van der Waals surface area contributed by atoms with E-state index in [1.54, 1.807) is 12.1 Å². The Labute approximate surface area is 189 Å². The zero-order chi connectivity index (χ0) is 21.9. The number of hydrogen-bond donors (Lipinski definition) is 1. The fraction of sp³-hybridized carbons (Fsp3) is 0.417. The van der Waals surface area contributed by atoms with Gasteiger partial charge in [0.2, 0.25) is 11.8 Å². The lowest BCUT2D eigenvalue weighted by Gasteiger charge is -2.34. The molecule has 0 radical (unpaired) electrons. The van der Waals surface area contributed by atoms with Gasteiger partial charge in [0.25, 0.3) is 0 Å². The van der Waals surface area contributed by atoms with Crippen LogP contribution in [0.4, 0.5) is 5.69 Å². The largest absolute Gasteiger partial charge is 0.381 e. The summed E-state index contributed by atoms with van der Waals surface area (Å²) in [5.41, 5.74) is 1.88. The molecule has 31 heavy (non-hydrogen) atoms. The summed E-state index contributed by atoms with van der Waals surface area (Å²) < 4.78 is 5.66. The predicted molar refractivity (Wildman–Crippen MR) is 123 cm³/mol. The molecule has 1 fully saturated rings. The van der Waals surface area contributed by atoms with E-state index in [2.05, 4.69) is 22.3 Å². The number of carbonyl (C=O) groups excluding carboxylic acids is 2. The number of nitrogens with zero attached hydrogens (tertiary/aromatic N) is 2. The van der Waals surface area contributed by atoms with Gasteiger partial charge in [-0.15, -0.1) is 0 Å². The van der Waals surface area contributed by atoms with Crippen LogP contribution in [0, 0.1) is 0 Å². The number of amides is 2. The lowest BCUT2D eigenvalue weighted by molar-refractivity contribution is -0.133. The summed E-state index contributed by atoms with van der Waals surface area (Å²) in [4.78, 5) is 28.6. The van der Waals surface area contributed by atoms with Gasteiger partial charge in [-0.2, -0.15) is 0 Å². The molecule has 6 nitrogen and oxygen atoms in total. The second-order valence-corrected chi connectivity index (χ2v) is 8.04. The smallest absolute Gasteiger partial charge is 0.238 e. The third-order valence-electron chi connectivity index (χ3n) is 5.30. The number of benzene rings is 2. The van der Waals surface area contributed by atoms with Crippen LogP contribution in [0.25, 0.3) is 0 Å². The fourth-order valence-electron chi connectivity index (χ4n) is 3.53. The van der Waals surface area contributed by atoms with Crippen LogP contribution in [-0.4, -0.2) is 67.6 Å². The number of nitrogens with one attached hydrogen (secondary N) is 1. The quantitative estimate of drug-likeness (QED) is 0.571. The zero-order valence-electron chi connectivity index (χ0n) is 17.8. The number of para-hydroxylation sites is 1. The first-order valence-corrected chi connectivity index (χ1v) is 11.2. The fourth-order valence-corrected chi connectivity index (χ4v) is 3.71. The van der Waals surface area contributed by atoms with E-state index in [0.29, 0.717) is 63.1 Å². The van der Waals surface area contributed by atoms with E-state index in [0.717, 1.165) is 12.8 Å². The molecule has 7 heteroatoms. The maximum atomic E-state index is 12.4. The standard InChI is InChI=1S/C24H30ClN3O3/c25-21-9-4-5-10-22(21)26-23(29)19-27-13-15-28(16-14-27)24(30)11-6-17-31-18-12-20-7-2-1-3-8-20/h1-5,7-10H,6,11-19H2,(H,26,29). The predicted octanol–water partition coefficient (Wildman–Crippen LogP) is 3.46. The highest BCUT2D eigenvalue weighted by Gasteiger charge is 2.22. The third-order valence-corrected chi connectivity index (χ3v) is 5.63. The van der Waals surface area contributed by atoms with Crippen molar-refractivity contribution in [3.63, 3.8) is 0 Å². The van der Waals surface area contributed by atoms with Gasteiger partial charge in [-0.05, 0) is 30.5 Å². The Morgan fingerprint density at radius 3 is 2.39 bits per heavy atom. The normalized spacial score (nSPS) is 14.4. The third kappa shape index (κ3) is 7.98. The van der Waals surface area contributed by atoms with Crippen LogP contribution in [0.15, 0.2) is 54.6 Å². The Balaban J connectivity index is 1.26. The van der Waals surface area contributed by atoms with E-state index in [1.165, 1.54) is 5.56 Å². The van der Waals surface area contributed by atoms with Crippen molar-refractivity contribution in [3.8, 4) is 0 Å². The lowest BCUT2D eigenvalue weighted by atomic mass is 10.2. The molecule has 3 rings (SSSR count). The van der Waals surface area contributed by atoms with Gasteiger partial charge in [0.05, 0.1) is 23.9 Å². The van der Waals surface area contributed by atoms with Crippen molar-refractivity contribution in [2.45, 2.75) is 19.3 Å². The van der Waals surface area contributed by atoms with Crippen LogP contribution in [0.2, 0.25) is 5.02 Å². The van der Waals surface area contributed by atoms with Crippen molar-refractivity contribution in [2.24, 2.45) is 0 Å². The Morgan fingerprint density at radius 2 is 1.65 bits per heavy atom. The van der Waals surface area contributed by atoms with E-state index in [1.807, 2.05) is 35.2 Å². The molecule has 0 bridgehead atoms. The van der Waals surface area contributed by atoms with Crippen LogP contribution < -0.4 is 5.32 Å². The molecule has 0 saturated carbocycles. The second kappa shape index (κ2) is 12.4. The van der Waals surface area contributed by atoms with Gasteiger partial charge in [0.1, 0.15) is 0 Å². The van der Waals surface area contributed by atoms with Crippen LogP contribution in [0.5, 0.6) is 0 Å². The van der Waals surface area contributed by atoms with Crippen molar-refractivity contribution in [1.82, 2.24) is 9.80 Å². The molecule has 0 aliphatic carbocycles. The Hall–Kier alpha value is -2.41. The van der Waals surface area contributed by atoms with Gasteiger partial charge in [-0.3, -0.25) is 14.5 Å². The van der Waals surface area contributed by atoms with Crippen molar-refractivity contribution in [2.75, 3.05) is 51.3 Å². The van der Waals surface area contributed by atoms with Gasteiger partial charge >= 0.3 is 0 Å². The summed E-state index contributed by atoms with van der Waals surface area (Å²) in [6.07, 6.45) is 2.12. The minimum absolute atomic E-state index is 0.0967. The van der Waals surface area contributed by atoms with E-state index in [-0.39, 0.29) is 11.8 Å². The SMILES string of the molecule is O=C(CN1CCN(C(=O)CCCOCCc2ccccc2)CC1)Nc1ccccc1Cl. The highest BCUT2D eigenvalue weighted by molar-refractivity contribution is 6.33. The first-order valence-electron chi connectivity index (χ1n) is 10.8. The zero-order valence-corrected chi connectivity index (χ0v) is 18.5. The molecule has 1 heterocycles. The highest BCUT2D eigenvalue weighted by atomic mass is 35.5. The molecule has 0 aromatic heterocycles. The number of ether oxygens (including phenoxy) is 1. The number of halogens is 1. The van der Waals surface area contributed by atoms with Gasteiger partial charge in [-0.1, -0.05) is 54.1 Å². The molecule has 1 saturated heterocycles. The Kier molecular flexibility index (Phi) is 9.34. The average Bonchev–Trinajstić information content (AvgIpc) is 2.79. The number of carbonyl (C=O) groups is 2. The molecule has 0 atom stereocenters. The monoisotopic (exact) mass is 443 g/mol. The first kappa shape index (κ1) is 23.3. The molecule has 2 aromatic carbocycles. The summed E-state index contributed by atoms with van der Waals surface area (Å²) in [6.45, 7) is 4.24. The van der Waals surface area contributed by atoms with E-state index < -0.39 is 0 Å². The maximum absolute atomic E-state index is 12.4. The van der Waals surface area contributed by atoms with Gasteiger partial charge in [-0.25, -0.2) is 0 Å². The number of piperazine rings is 1. The van der Waals surface area contributed by atoms with E-state index >= 15 is 0 Å². The minimum Gasteiger partial charge on any atom is -0.381 e. The van der Waals surface area contributed by atoms with E-state index in [9.17, 15) is 9.59 Å². The second-order valence-electron chi connectivity index (χ2n) is 7.64. The molecule has 166 valence electrons. The van der Waals surface area contributed by atoms with Crippen LogP contribution in [-0.2, 0) is 20.7 Å². The number of anilines is 1. The molecule has 0 spiro atoms.